The largest absolute Gasteiger partial charge is 0.416 e. The number of rotatable bonds is 3. The van der Waals surface area contributed by atoms with Gasteiger partial charge in [0.25, 0.3) is 0 Å². The van der Waals surface area contributed by atoms with Gasteiger partial charge in [-0.25, -0.2) is 0 Å². The number of nitrogens with one attached hydrogen (secondary N) is 1. The number of ether oxygens (including phenoxy) is 1. The van der Waals surface area contributed by atoms with Crippen molar-refractivity contribution in [3.05, 3.63) is 29.3 Å². The summed E-state index contributed by atoms with van der Waals surface area (Å²) in [6, 6.07) is 4.63. The summed E-state index contributed by atoms with van der Waals surface area (Å²) in [6.45, 7) is 2.26. The van der Waals surface area contributed by atoms with Crippen molar-refractivity contribution in [3.8, 4) is 6.07 Å². The molecule has 1 fully saturated rings. The third-order valence-corrected chi connectivity index (χ3v) is 3.71. The molecule has 21 heavy (non-hydrogen) atoms. The van der Waals surface area contributed by atoms with Crippen LogP contribution < -0.4 is 5.32 Å². The smallest absolute Gasteiger partial charge is 0.385 e. The molecule has 2 N–H and O–H groups in total. The Balaban J connectivity index is 2.16. The lowest BCUT2D eigenvalue weighted by Crippen LogP contribution is -2.43. The summed E-state index contributed by atoms with van der Waals surface area (Å²) >= 11 is 0. The second-order valence-corrected chi connectivity index (χ2v) is 5.09. The second-order valence-electron chi connectivity index (χ2n) is 5.09. The zero-order valence-electron chi connectivity index (χ0n) is 11.4. The first kappa shape index (κ1) is 15.6. The summed E-state index contributed by atoms with van der Waals surface area (Å²) < 4.78 is 43.1. The van der Waals surface area contributed by atoms with Crippen LogP contribution in [0.5, 0.6) is 0 Å². The monoisotopic (exact) mass is 300 g/mol. The van der Waals surface area contributed by atoms with Crippen LogP contribution in [0, 0.1) is 11.3 Å². The highest BCUT2D eigenvalue weighted by Crippen LogP contribution is 2.32. The Bertz CT molecular complexity index is 568. The van der Waals surface area contributed by atoms with Crippen LogP contribution >= 0.6 is 0 Å². The van der Waals surface area contributed by atoms with Crippen molar-refractivity contribution >= 4 is 5.69 Å². The molecule has 4 nitrogen and oxygen atoms in total. The van der Waals surface area contributed by atoms with E-state index in [0.29, 0.717) is 13.0 Å². The van der Waals surface area contributed by atoms with E-state index in [0.717, 1.165) is 12.1 Å². The molecule has 0 radical (unpaired) electrons. The molecule has 0 bridgehead atoms. The van der Waals surface area contributed by atoms with Crippen molar-refractivity contribution in [2.75, 3.05) is 18.5 Å². The van der Waals surface area contributed by atoms with Crippen LogP contribution in [0.3, 0.4) is 0 Å². The third-order valence-electron chi connectivity index (χ3n) is 3.71. The number of halogens is 3. The molecule has 114 valence electrons. The molecule has 0 saturated carbocycles. The first-order chi connectivity index (χ1) is 9.76. The number of anilines is 1. The second kappa shape index (κ2) is 5.54. The number of alkyl halides is 3. The molecule has 0 aliphatic carbocycles. The van der Waals surface area contributed by atoms with E-state index in [2.05, 4.69) is 5.32 Å². The van der Waals surface area contributed by atoms with Gasteiger partial charge in [0.15, 0.2) is 0 Å². The molecule has 0 spiro atoms. The Morgan fingerprint density at radius 1 is 1.52 bits per heavy atom. The number of nitriles is 1. The van der Waals surface area contributed by atoms with Gasteiger partial charge in [-0.2, -0.15) is 18.4 Å². The fourth-order valence-electron chi connectivity index (χ4n) is 2.22. The molecule has 1 aromatic carbocycles. The Labute approximate surface area is 120 Å². The van der Waals surface area contributed by atoms with E-state index in [1.807, 2.05) is 0 Å². The topological polar surface area (TPSA) is 65.3 Å². The molecule has 1 saturated heterocycles. The van der Waals surface area contributed by atoms with E-state index in [1.54, 1.807) is 13.0 Å². The van der Waals surface area contributed by atoms with Gasteiger partial charge in [-0.15, -0.1) is 0 Å². The summed E-state index contributed by atoms with van der Waals surface area (Å²) in [5.41, 5.74) is -1.81. The summed E-state index contributed by atoms with van der Waals surface area (Å²) in [5, 5.41) is 22.1. The molecule has 2 rings (SSSR count). The SMILES string of the molecule is CC1OCCC1(O)CNc1ccc(C(F)(F)F)cc1C#N. The van der Waals surface area contributed by atoms with E-state index < -0.39 is 17.3 Å². The van der Waals surface area contributed by atoms with Gasteiger partial charge in [0.05, 0.1) is 22.9 Å². The first-order valence-electron chi connectivity index (χ1n) is 6.45. The highest BCUT2D eigenvalue weighted by molar-refractivity contribution is 5.59. The minimum Gasteiger partial charge on any atom is -0.385 e. The average Bonchev–Trinajstić information content (AvgIpc) is 2.75. The van der Waals surface area contributed by atoms with Crippen LogP contribution in [0.4, 0.5) is 18.9 Å². The van der Waals surface area contributed by atoms with E-state index in [9.17, 15) is 18.3 Å². The summed E-state index contributed by atoms with van der Waals surface area (Å²) in [7, 11) is 0. The van der Waals surface area contributed by atoms with Crippen molar-refractivity contribution in [1.29, 1.82) is 5.26 Å². The molecule has 1 aliphatic rings. The van der Waals surface area contributed by atoms with E-state index in [4.69, 9.17) is 10.00 Å². The summed E-state index contributed by atoms with van der Waals surface area (Å²) in [4.78, 5) is 0. The van der Waals surface area contributed by atoms with Crippen molar-refractivity contribution in [1.82, 2.24) is 0 Å². The lowest BCUT2D eigenvalue weighted by atomic mass is 9.96. The third kappa shape index (κ3) is 3.28. The van der Waals surface area contributed by atoms with Gasteiger partial charge in [0.1, 0.15) is 11.7 Å². The first-order valence-corrected chi connectivity index (χ1v) is 6.45. The molecule has 1 aliphatic heterocycles. The fraction of sp³-hybridized carbons (Fsp3) is 0.500. The van der Waals surface area contributed by atoms with Gasteiger partial charge in [0.2, 0.25) is 0 Å². The minimum atomic E-state index is -4.49. The Hall–Kier alpha value is -1.78. The van der Waals surface area contributed by atoms with Crippen LogP contribution in [0.25, 0.3) is 0 Å². The van der Waals surface area contributed by atoms with Gasteiger partial charge >= 0.3 is 6.18 Å². The normalized spacial score (nSPS) is 25.6. The molecule has 7 heteroatoms. The van der Waals surface area contributed by atoms with Gasteiger partial charge < -0.3 is 15.2 Å². The van der Waals surface area contributed by atoms with E-state index in [1.165, 1.54) is 6.07 Å². The zero-order chi connectivity index (χ0) is 15.7. The Kier molecular flexibility index (Phi) is 4.12. The minimum absolute atomic E-state index is 0.105. The number of aliphatic hydroxyl groups is 1. The molecular weight excluding hydrogens is 285 g/mol. The maximum absolute atomic E-state index is 12.6. The predicted molar refractivity (Wildman–Crippen MR) is 69.6 cm³/mol. The molecule has 1 heterocycles. The summed E-state index contributed by atoms with van der Waals surface area (Å²) in [6.07, 6.45) is -4.43. The quantitative estimate of drug-likeness (QED) is 0.900. The number of hydrogen-bond donors (Lipinski definition) is 2. The van der Waals surface area contributed by atoms with Crippen LogP contribution in [-0.4, -0.2) is 30.0 Å². The molecule has 1 aromatic rings. The molecule has 0 aromatic heterocycles. The van der Waals surface area contributed by atoms with Gasteiger partial charge in [-0.05, 0) is 25.1 Å². The number of benzene rings is 1. The van der Waals surface area contributed by atoms with Crippen LogP contribution in [-0.2, 0) is 10.9 Å². The van der Waals surface area contributed by atoms with Gasteiger partial charge in [0, 0.05) is 19.6 Å². The lowest BCUT2D eigenvalue weighted by Gasteiger charge is -2.27. The predicted octanol–water partition coefficient (Wildman–Crippen LogP) is 2.53. The maximum atomic E-state index is 12.6. The molecular formula is C14H15F3N2O2. The lowest BCUT2D eigenvalue weighted by molar-refractivity contribution is -0.137. The van der Waals surface area contributed by atoms with Crippen LogP contribution in [0.2, 0.25) is 0 Å². The summed E-state index contributed by atoms with van der Waals surface area (Å²) in [5.74, 6) is 0. The van der Waals surface area contributed by atoms with Gasteiger partial charge in [-0.3, -0.25) is 0 Å². The fourth-order valence-corrected chi connectivity index (χ4v) is 2.22. The van der Waals surface area contributed by atoms with Gasteiger partial charge in [-0.1, -0.05) is 0 Å². The number of nitrogens with zero attached hydrogens (tertiary/aromatic N) is 1. The highest BCUT2D eigenvalue weighted by atomic mass is 19.4. The van der Waals surface area contributed by atoms with Crippen LogP contribution in [0.1, 0.15) is 24.5 Å². The standard InChI is InChI=1S/C14H15F3N2O2/c1-9-13(20,4-5-21-9)8-19-12-3-2-11(14(15,16)17)6-10(12)7-18/h2-3,6,9,19-20H,4-5,8H2,1H3. The van der Waals surface area contributed by atoms with Crippen molar-refractivity contribution < 1.29 is 23.0 Å². The average molecular weight is 300 g/mol. The molecule has 2 atom stereocenters. The molecule has 0 amide bonds. The molecule has 2 unspecified atom stereocenters. The Morgan fingerprint density at radius 3 is 2.76 bits per heavy atom. The highest BCUT2D eigenvalue weighted by Gasteiger charge is 2.39. The maximum Gasteiger partial charge on any atom is 0.416 e. The van der Waals surface area contributed by atoms with E-state index in [-0.39, 0.29) is 23.9 Å². The number of hydrogen-bond acceptors (Lipinski definition) is 4. The van der Waals surface area contributed by atoms with Crippen molar-refractivity contribution in [2.24, 2.45) is 0 Å². The Morgan fingerprint density at radius 2 is 2.24 bits per heavy atom. The van der Waals surface area contributed by atoms with Crippen molar-refractivity contribution in [3.63, 3.8) is 0 Å². The van der Waals surface area contributed by atoms with Crippen molar-refractivity contribution in [2.45, 2.75) is 31.2 Å². The zero-order valence-corrected chi connectivity index (χ0v) is 11.4. The van der Waals surface area contributed by atoms with Crippen LogP contribution in [0.15, 0.2) is 18.2 Å². The van der Waals surface area contributed by atoms with E-state index >= 15 is 0 Å².